The summed E-state index contributed by atoms with van der Waals surface area (Å²) in [5.41, 5.74) is 1.71. The van der Waals surface area contributed by atoms with Crippen LogP contribution in [0.4, 0.5) is 22.7 Å². The van der Waals surface area contributed by atoms with Gasteiger partial charge in [-0.05, 0) is 43.3 Å². The molecule has 0 saturated carbocycles. The molecule has 5 nitrogen and oxygen atoms in total. The fourth-order valence-electron chi connectivity index (χ4n) is 1.86. The molecule has 0 aliphatic rings. The van der Waals surface area contributed by atoms with Crippen molar-refractivity contribution in [2.24, 2.45) is 0 Å². The van der Waals surface area contributed by atoms with Crippen molar-refractivity contribution >= 4 is 34.4 Å². The summed E-state index contributed by atoms with van der Waals surface area (Å²) < 4.78 is 0. The fraction of sp³-hybridized carbons (Fsp3) is 0.143. The van der Waals surface area contributed by atoms with Gasteiger partial charge in [0.05, 0.1) is 4.92 Å². The van der Waals surface area contributed by atoms with Gasteiger partial charge in [-0.15, -0.1) is 0 Å². The Morgan fingerprint density at radius 3 is 2.40 bits per heavy atom. The summed E-state index contributed by atoms with van der Waals surface area (Å²) in [5, 5.41) is 17.9. The van der Waals surface area contributed by atoms with Crippen LogP contribution in [0.15, 0.2) is 42.5 Å². The number of nitrogens with one attached hydrogen (secondary N) is 2. The van der Waals surface area contributed by atoms with Gasteiger partial charge in [-0.1, -0.05) is 17.7 Å². The summed E-state index contributed by atoms with van der Waals surface area (Å²) >= 11 is 5.82. The van der Waals surface area contributed by atoms with Gasteiger partial charge in [-0.3, -0.25) is 10.1 Å². The minimum absolute atomic E-state index is 0.0318. The van der Waals surface area contributed by atoms with E-state index >= 15 is 0 Å². The molecule has 0 radical (unpaired) electrons. The van der Waals surface area contributed by atoms with Crippen LogP contribution >= 0.6 is 11.6 Å². The molecular weight excluding hydrogens is 278 g/mol. The molecule has 0 unspecified atom stereocenters. The van der Waals surface area contributed by atoms with Crippen LogP contribution in [0, 0.1) is 10.1 Å². The van der Waals surface area contributed by atoms with Crippen LogP contribution in [-0.4, -0.2) is 11.5 Å². The smallest absolute Gasteiger partial charge is 0.315 e. The van der Waals surface area contributed by atoms with Crippen molar-refractivity contribution in [1.82, 2.24) is 0 Å². The van der Waals surface area contributed by atoms with Crippen molar-refractivity contribution in [3.8, 4) is 0 Å². The maximum atomic E-state index is 11.3. The van der Waals surface area contributed by atoms with E-state index in [-0.39, 0.29) is 5.69 Å². The summed E-state index contributed by atoms with van der Waals surface area (Å²) in [6.45, 7) is 2.51. The first kappa shape index (κ1) is 14.1. The molecular formula is C14H14ClN3O2. The maximum Gasteiger partial charge on any atom is 0.315 e. The summed E-state index contributed by atoms with van der Waals surface area (Å²) in [7, 11) is 0. The molecule has 0 aromatic heterocycles. The van der Waals surface area contributed by atoms with Crippen molar-refractivity contribution in [1.29, 1.82) is 0 Å². The van der Waals surface area contributed by atoms with E-state index in [2.05, 4.69) is 10.6 Å². The first-order valence-electron chi connectivity index (χ1n) is 6.15. The second kappa shape index (κ2) is 6.25. The third-order valence-electron chi connectivity index (χ3n) is 2.71. The van der Waals surface area contributed by atoms with E-state index in [1.54, 1.807) is 42.5 Å². The van der Waals surface area contributed by atoms with E-state index in [4.69, 9.17) is 11.6 Å². The number of rotatable bonds is 5. The molecule has 0 amide bonds. The summed E-state index contributed by atoms with van der Waals surface area (Å²) in [5.74, 6) is 0. The molecule has 0 aliphatic heterocycles. The highest BCUT2D eigenvalue weighted by molar-refractivity contribution is 6.30. The zero-order valence-electron chi connectivity index (χ0n) is 10.9. The van der Waals surface area contributed by atoms with Gasteiger partial charge in [0.25, 0.3) is 0 Å². The largest absolute Gasteiger partial charge is 0.380 e. The van der Waals surface area contributed by atoms with Crippen LogP contribution in [0.5, 0.6) is 0 Å². The lowest BCUT2D eigenvalue weighted by Crippen LogP contribution is -2.04. The molecule has 2 aromatic carbocycles. The predicted molar refractivity (Wildman–Crippen MR) is 82.0 cm³/mol. The monoisotopic (exact) mass is 291 g/mol. The minimum atomic E-state index is -0.393. The first-order chi connectivity index (χ1) is 9.61. The van der Waals surface area contributed by atoms with Gasteiger partial charge >= 0.3 is 5.69 Å². The number of nitrogens with zero attached hydrogens (tertiary/aromatic N) is 1. The highest BCUT2D eigenvalue weighted by Gasteiger charge is 2.19. The van der Waals surface area contributed by atoms with Crippen LogP contribution in [-0.2, 0) is 0 Å². The average molecular weight is 292 g/mol. The van der Waals surface area contributed by atoms with E-state index in [1.165, 1.54) is 0 Å². The lowest BCUT2D eigenvalue weighted by Gasteiger charge is -2.11. The number of hydrogen-bond donors (Lipinski definition) is 2. The summed E-state index contributed by atoms with van der Waals surface area (Å²) in [4.78, 5) is 10.9. The van der Waals surface area contributed by atoms with Gasteiger partial charge in [0.2, 0.25) is 0 Å². The Kier molecular flexibility index (Phi) is 4.42. The number of anilines is 3. The number of nitro groups is 1. The molecule has 2 aromatic rings. The number of benzene rings is 2. The molecule has 2 rings (SSSR count). The minimum Gasteiger partial charge on any atom is -0.380 e. The van der Waals surface area contributed by atoms with E-state index < -0.39 is 4.92 Å². The van der Waals surface area contributed by atoms with Gasteiger partial charge < -0.3 is 10.6 Å². The van der Waals surface area contributed by atoms with Crippen LogP contribution in [0.1, 0.15) is 6.92 Å². The first-order valence-corrected chi connectivity index (χ1v) is 6.53. The molecule has 20 heavy (non-hydrogen) atoms. The highest BCUT2D eigenvalue weighted by Crippen LogP contribution is 2.34. The van der Waals surface area contributed by atoms with Crippen molar-refractivity contribution in [3.05, 3.63) is 57.6 Å². The molecule has 6 heteroatoms. The third kappa shape index (κ3) is 3.19. The van der Waals surface area contributed by atoms with Crippen molar-refractivity contribution < 1.29 is 4.92 Å². The van der Waals surface area contributed by atoms with Crippen LogP contribution in [0.25, 0.3) is 0 Å². The second-order valence-corrected chi connectivity index (χ2v) is 4.56. The fourth-order valence-corrected chi connectivity index (χ4v) is 1.99. The molecule has 0 spiro atoms. The predicted octanol–water partition coefficient (Wildman–Crippen LogP) is 4.42. The SMILES string of the molecule is CCNc1cccc(Nc2ccc(Cl)cc2)c1[N+](=O)[O-]. The van der Waals surface area contributed by atoms with Crippen LogP contribution < -0.4 is 10.6 Å². The molecule has 0 saturated heterocycles. The van der Waals surface area contributed by atoms with Crippen LogP contribution in [0.2, 0.25) is 5.02 Å². The van der Waals surface area contributed by atoms with E-state index in [9.17, 15) is 10.1 Å². The Bertz CT molecular complexity index is 614. The lowest BCUT2D eigenvalue weighted by molar-refractivity contribution is -0.383. The topological polar surface area (TPSA) is 67.2 Å². The van der Waals surface area contributed by atoms with Crippen LogP contribution in [0.3, 0.4) is 0 Å². The van der Waals surface area contributed by atoms with Crippen molar-refractivity contribution in [3.63, 3.8) is 0 Å². The standard InChI is InChI=1S/C14H14ClN3O2/c1-2-16-12-4-3-5-13(14(12)18(19)20)17-11-8-6-10(15)7-9-11/h3-9,16-17H,2H2,1H3. The van der Waals surface area contributed by atoms with Gasteiger partial charge in [-0.2, -0.15) is 0 Å². The van der Waals surface area contributed by atoms with Gasteiger partial charge in [0.15, 0.2) is 0 Å². The van der Waals surface area contributed by atoms with Gasteiger partial charge in [-0.25, -0.2) is 0 Å². The quantitative estimate of drug-likeness (QED) is 0.632. The Hall–Kier alpha value is -2.27. The molecule has 2 N–H and O–H groups in total. The lowest BCUT2D eigenvalue weighted by atomic mass is 10.2. The maximum absolute atomic E-state index is 11.3. The molecule has 0 bridgehead atoms. The molecule has 104 valence electrons. The number of para-hydroxylation sites is 1. The molecule has 0 atom stereocenters. The Morgan fingerprint density at radius 2 is 1.80 bits per heavy atom. The normalized spacial score (nSPS) is 10.1. The summed E-state index contributed by atoms with van der Waals surface area (Å²) in [6.07, 6.45) is 0. The second-order valence-electron chi connectivity index (χ2n) is 4.12. The number of nitro benzene ring substituents is 1. The Labute approximate surface area is 121 Å². The average Bonchev–Trinajstić information content (AvgIpc) is 2.41. The van der Waals surface area contributed by atoms with E-state index in [1.807, 2.05) is 6.92 Å². The molecule has 0 heterocycles. The molecule has 0 fully saturated rings. The Balaban J connectivity index is 2.37. The highest BCUT2D eigenvalue weighted by atomic mass is 35.5. The van der Waals surface area contributed by atoms with E-state index in [0.29, 0.717) is 22.9 Å². The zero-order valence-corrected chi connectivity index (χ0v) is 11.6. The molecule has 0 aliphatic carbocycles. The number of hydrogen-bond acceptors (Lipinski definition) is 4. The van der Waals surface area contributed by atoms with Crippen molar-refractivity contribution in [2.75, 3.05) is 17.2 Å². The Morgan fingerprint density at radius 1 is 1.15 bits per heavy atom. The number of halogens is 1. The third-order valence-corrected chi connectivity index (χ3v) is 2.96. The van der Waals surface area contributed by atoms with Crippen molar-refractivity contribution in [2.45, 2.75) is 6.92 Å². The zero-order chi connectivity index (χ0) is 14.5. The van der Waals surface area contributed by atoms with Gasteiger partial charge in [0.1, 0.15) is 11.4 Å². The van der Waals surface area contributed by atoms with E-state index in [0.717, 1.165) is 5.69 Å². The summed E-state index contributed by atoms with van der Waals surface area (Å²) in [6, 6.07) is 12.1. The van der Waals surface area contributed by atoms with Gasteiger partial charge in [0, 0.05) is 17.3 Å².